The monoisotopic (exact) mass is 498 g/mol. The number of aryl methyl sites for hydroxylation is 1. The molecule has 1 saturated carbocycles. The van der Waals surface area contributed by atoms with Crippen LogP contribution in [0.2, 0.25) is 19.6 Å². The summed E-state index contributed by atoms with van der Waals surface area (Å²) >= 11 is 0. The number of hydrogen-bond donors (Lipinski definition) is 1. The van der Waals surface area contributed by atoms with Gasteiger partial charge in [0.2, 0.25) is 0 Å². The number of hydrazone groups is 1. The second-order valence-corrected chi connectivity index (χ2v) is 16.9. The SMILES string of the molecule is CCCC[C@@H](C(=O)O)[C@@H]1CC[C@@H](C)[C@H](CC/C(CCc2ccccc2)=N/N(C)C)/C1=C\[Si](C)(C)C. The molecule has 1 aliphatic rings. The molecule has 1 aromatic rings. The Balaban J connectivity index is 2.27. The Kier molecular flexibility index (Phi) is 11.7. The molecule has 2 rings (SSSR count). The minimum Gasteiger partial charge on any atom is -0.481 e. The van der Waals surface area contributed by atoms with Crippen LogP contribution in [0, 0.1) is 23.7 Å². The lowest BCUT2D eigenvalue weighted by Gasteiger charge is -2.41. The zero-order valence-electron chi connectivity index (χ0n) is 23.4. The fraction of sp³-hybridized carbons (Fsp3) is 0.667. The summed E-state index contributed by atoms with van der Waals surface area (Å²) in [7, 11) is 2.50. The summed E-state index contributed by atoms with van der Waals surface area (Å²) in [6, 6.07) is 10.7. The van der Waals surface area contributed by atoms with Crippen LogP contribution >= 0.6 is 0 Å². The van der Waals surface area contributed by atoms with E-state index in [0.29, 0.717) is 11.8 Å². The summed E-state index contributed by atoms with van der Waals surface area (Å²) in [5, 5.41) is 17.0. The highest BCUT2D eigenvalue weighted by Crippen LogP contribution is 2.46. The summed E-state index contributed by atoms with van der Waals surface area (Å²) in [6.07, 6.45) is 8.99. The first-order valence-electron chi connectivity index (χ1n) is 13.7. The molecule has 0 aromatic heterocycles. The van der Waals surface area contributed by atoms with Crippen molar-refractivity contribution in [3.63, 3.8) is 0 Å². The summed E-state index contributed by atoms with van der Waals surface area (Å²) in [6.45, 7) is 11.7. The van der Waals surface area contributed by atoms with E-state index in [1.165, 1.54) is 16.8 Å². The molecule has 0 saturated heterocycles. The molecule has 0 aliphatic heterocycles. The first kappa shape index (κ1) is 29.3. The van der Waals surface area contributed by atoms with Crippen molar-refractivity contribution < 1.29 is 9.90 Å². The molecule has 4 atom stereocenters. The lowest BCUT2D eigenvalue weighted by Crippen LogP contribution is -2.36. The van der Waals surface area contributed by atoms with E-state index < -0.39 is 14.0 Å². The number of carbonyl (C=O) groups is 1. The van der Waals surface area contributed by atoms with Crippen LogP contribution in [0.5, 0.6) is 0 Å². The molecular formula is C30H50N2O2Si. The smallest absolute Gasteiger partial charge is 0.307 e. The molecule has 196 valence electrons. The molecule has 35 heavy (non-hydrogen) atoms. The van der Waals surface area contributed by atoms with Crippen molar-refractivity contribution in [3.8, 4) is 0 Å². The molecule has 0 bridgehead atoms. The van der Waals surface area contributed by atoms with E-state index in [-0.39, 0.29) is 11.8 Å². The van der Waals surface area contributed by atoms with E-state index in [1.54, 1.807) is 0 Å². The predicted octanol–water partition coefficient (Wildman–Crippen LogP) is 7.67. The van der Waals surface area contributed by atoms with Crippen molar-refractivity contribution >= 4 is 19.8 Å². The Labute approximate surface area is 215 Å². The summed E-state index contributed by atoms with van der Waals surface area (Å²) in [5.41, 5.74) is 6.64. The number of carboxylic acids is 1. The third-order valence-electron chi connectivity index (χ3n) is 7.38. The van der Waals surface area contributed by atoms with Crippen LogP contribution < -0.4 is 0 Å². The predicted molar refractivity (Wildman–Crippen MR) is 153 cm³/mol. The number of nitrogens with zero attached hydrogens (tertiary/aromatic N) is 2. The lowest BCUT2D eigenvalue weighted by molar-refractivity contribution is -0.144. The Morgan fingerprint density at radius 2 is 1.86 bits per heavy atom. The van der Waals surface area contributed by atoms with E-state index >= 15 is 0 Å². The molecule has 1 aliphatic carbocycles. The lowest BCUT2D eigenvalue weighted by atomic mass is 9.65. The van der Waals surface area contributed by atoms with Gasteiger partial charge in [-0.3, -0.25) is 4.79 Å². The molecule has 1 N–H and O–H groups in total. The minimum atomic E-state index is -1.50. The zero-order valence-corrected chi connectivity index (χ0v) is 24.4. The molecule has 0 heterocycles. The third kappa shape index (κ3) is 9.95. The van der Waals surface area contributed by atoms with E-state index in [4.69, 9.17) is 5.10 Å². The van der Waals surface area contributed by atoms with Crippen LogP contribution in [0.15, 0.2) is 46.7 Å². The van der Waals surface area contributed by atoms with Crippen molar-refractivity contribution in [2.24, 2.45) is 28.8 Å². The molecule has 0 amide bonds. The molecule has 4 nitrogen and oxygen atoms in total. The highest BCUT2D eigenvalue weighted by atomic mass is 28.3. The Hall–Kier alpha value is -1.88. The van der Waals surface area contributed by atoms with Crippen molar-refractivity contribution in [2.45, 2.75) is 91.3 Å². The maximum Gasteiger partial charge on any atom is 0.307 e. The van der Waals surface area contributed by atoms with Gasteiger partial charge in [-0.25, -0.2) is 0 Å². The Bertz CT molecular complexity index is 842. The number of benzene rings is 1. The second-order valence-electron chi connectivity index (χ2n) is 11.9. The van der Waals surface area contributed by atoms with Gasteiger partial charge in [0.15, 0.2) is 0 Å². The molecule has 0 spiro atoms. The number of aliphatic carboxylic acids is 1. The van der Waals surface area contributed by atoms with Crippen LogP contribution in [0.4, 0.5) is 0 Å². The van der Waals surface area contributed by atoms with Crippen molar-refractivity contribution in [1.82, 2.24) is 5.01 Å². The van der Waals surface area contributed by atoms with Crippen LogP contribution in [0.1, 0.15) is 70.8 Å². The number of rotatable bonds is 13. The fourth-order valence-corrected chi connectivity index (χ4v) is 7.12. The molecule has 1 fully saturated rings. The Morgan fingerprint density at radius 1 is 1.17 bits per heavy atom. The van der Waals surface area contributed by atoms with E-state index in [0.717, 1.165) is 57.8 Å². The van der Waals surface area contributed by atoms with Crippen molar-refractivity contribution in [2.75, 3.05) is 14.1 Å². The minimum absolute atomic E-state index is 0.186. The second kappa shape index (κ2) is 14.0. The normalized spacial score (nSPS) is 23.3. The van der Waals surface area contributed by atoms with Gasteiger partial charge in [0, 0.05) is 19.8 Å². The third-order valence-corrected chi connectivity index (χ3v) is 8.58. The Morgan fingerprint density at radius 3 is 2.43 bits per heavy atom. The van der Waals surface area contributed by atoms with Gasteiger partial charge in [-0.2, -0.15) is 5.10 Å². The maximum absolute atomic E-state index is 12.4. The zero-order chi connectivity index (χ0) is 26.0. The summed E-state index contributed by atoms with van der Waals surface area (Å²) in [5.74, 6) is 0.374. The summed E-state index contributed by atoms with van der Waals surface area (Å²) < 4.78 is 0. The van der Waals surface area contributed by atoms with Gasteiger partial charge in [0.25, 0.3) is 0 Å². The first-order chi connectivity index (χ1) is 16.5. The number of unbranched alkanes of at least 4 members (excludes halogenated alkanes) is 1. The topological polar surface area (TPSA) is 52.9 Å². The van der Waals surface area contributed by atoms with Crippen molar-refractivity contribution in [1.29, 1.82) is 0 Å². The number of carboxylic acid groups (broad SMARTS) is 1. The van der Waals surface area contributed by atoms with Gasteiger partial charge in [-0.15, -0.1) is 0 Å². The maximum atomic E-state index is 12.4. The van der Waals surface area contributed by atoms with Crippen molar-refractivity contribution in [3.05, 3.63) is 47.2 Å². The van der Waals surface area contributed by atoms with E-state index in [1.807, 2.05) is 19.1 Å². The van der Waals surface area contributed by atoms with Gasteiger partial charge >= 0.3 is 5.97 Å². The van der Waals surface area contributed by atoms with Gasteiger partial charge in [0.05, 0.1) is 14.0 Å². The molecular weight excluding hydrogens is 448 g/mol. The van der Waals surface area contributed by atoms with Crippen LogP contribution in [-0.4, -0.2) is 44.0 Å². The van der Waals surface area contributed by atoms with Crippen LogP contribution in [0.25, 0.3) is 0 Å². The largest absolute Gasteiger partial charge is 0.481 e. The highest BCUT2D eigenvalue weighted by molar-refractivity contribution is 6.81. The highest BCUT2D eigenvalue weighted by Gasteiger charge is 2.39. The van der Waals surface area contributed by atoms with Gasteiger partial charge in [0.1, 0.15) is 0 Å². The molecule has 0 radical (unpaired) electrons. The fourth-order valence-electron chi connectivity index (χ4n) is 5.70. The average Bonchev–Trinajstić information content (AvgIpc) is 2.77. The number of hydrogen-bond acceptors (Lipinski definition) is 3. The first-order valence-corrected chi connectivity index (χ1v) is 17.3. The quantitative estimate of drug-likeness (QED) is 0.172. The van der Waals surface area contributed by atoms with Gasteiger partial charge in [-0.05, 0) is 68.3 Å². The molecule has 5 heteroatoms. The summed E-state index contributed by atoms with van der Waals surface area (Å²) in [4.78, 5) is 12.4. The van der Waals surface area contributed by atoms with Crippen LogP contribution in [0.3, 0.4) is 0 Å². The molecule has 1 aromatic carbocycles. The van der Waals surface area contributed by atoms with Crippen LogP contribution in [-0.2, 0) is 11.2 Å². The number of allylic oxidation sites excluding steroid dienone is 1. The van der Waals surface area contributed by atoms with E-state index in [9.17, 15) is 9.90 Å². The van der Waals surface area contributed by atoms with E-state index in [2.05, 4.69) is 69.5 Å². The van der Waals surface area contributed by atoms with Gasteiger partial charge in [-0.1, -0.05) is 87.9 Å². The van der Waals surface area contributed by atoms with Gasteiger partial charge < -0.3 is 10.1 Å². The molecule has 0 unspecified atom stereocenters. The standard InChI is InChI=1S/C30H50N2O2Si/c1-8-9-15-28(30(33)34)27-20-16-23(2)26(29(27)22-35(5,6)7)21-19-25(31-32(3)4)18-17-24-13-11-10-12-14-24/h10-14,22-23,26-28H,8-9,15-21H2,1-7H3,(H,33,34)/b29-22+,31-25+/t23-,26+,27+,28-/m1/s1. The average molecular weight is 499 g/mol.